The van der Waals surface area contributed by atoms with E-state index in [0.29, 0.717) is 33.0 Å². The van der Waals surface area contributed by atoms with Crippen molar-refractivity contribution in [1.82, 2.24) is 0 Å². The van der Waals surface area contributed by atoms with Crippen LogP contribution in [0.5, 0.6) is 23.0 Å². The van der Waals surface area contributed by atoms with Crippen molar-refractivity contribution < 1.29 is 14.2 Å². The van der Waals surface area contributed by atoms with Crippen molar-refractivity contribution in [2.75, 3.05) is 14.2 Å². The Balaban J connectivity index is 2.29. The minimum absolute atomic E-state index is 0.00326. The third kappa shape index (κ3) is 3.66. The van der Waals surface area contributed by atoms with Crippen LogP contribution in [-0.4, -0.2) is 20.1 Å². The maximum Gasteiger partial charge on any atom is 0.134 e. The number of amidine groups is 1. The van der Waals surface area contributed by atoms with Crippen LogP contribution in [0.15, 0.2) is 40.9 Å². The molecule has 0 aliphatic heterocycles. The molecule has 0 radical (unpaired) electrons. The number of ether oxygens (including phenoxy) is 3. The molecule has 0 fully saturated rings. The topological polar surface area (TPSA) is 77.6 Å². The highest BCUT2D eigenvalue weighted by Gasteiger charge is 2.07. The van der Waals surface area contributed by atoms with Crippen molar-refractivity contribution in [1.29, 1.82) is 5.41 Å². The van der Waals surface area contributed by atoms with Gasteiger partial charge in [-0.25, -0.2) is 0 Å². The molecule has 0 aliphatic rings. The fourth-order valence-corrected chi connectivity index (χ4v) is 2.33. The van der Waals surface area contributed by atoms with E-state index in [-0.39, 0.29) is 5.84 Å². The Hall–Kier alpha value is -2.21. The van der Waals surface area contributed by atoms with Crippen molar-refractivity contribution in [3.05, 3.63) is 46.4 Å². The molecule has 2 aromatic rings. The Morgan fingerprint density at radius 3 is 2.00 bits per heavy atom. The molecule has 0 spiro atoms. The SMILES string of the molecule is COc1cc(OC)cc(Oc2ccc(C(=N)N)c(Br)c2)c1. The number of halogens is 1. The third-order valence-corrected chi connectivity index (χ3v) is 3.45. The van der Waals surface area contributed by atoms with Gasteiger partial charge in [-0.3, -0.25) is 5.41 Å². The van der Waals surface area contributed by atoms with Gasteiger partial charge in [0.1, 0.15) is 28.8 Å². The Morgan fingerprint density at radius 2 is 1.52 bits per heavy atom. The van der Waals surface area contributed by atoms with Crippen LogP contribution in [-0.2, 0) is 0 Å². The Kier molecular flexibility index (Phi) is 4.70. The standard InChI is InChI=1S/C15H15BrN2O3/c1-19-10-5-11(20-2)7-12(6-10)21-9-3-4-13(15(17)18)14(16)8-9/h3-8H,1-2H3,(H3,17,18). The van der Waals surface area contributed by atoms with Crippen LogP contribution in [0.4, 0.5) is 0 Å². The number of nitrogens with one attached hydrogen (secondary N) is 1. The second-order valence-electron chi connectivity index (χ2n) is 4.21. The quantitative estimate of drug-likeness (QED) is 0.638. The Morgan fingerprint density at radius 1 is 0.952 bits per heavy atom. The monoisotopic (exact) mass is 350 g/mol. The van der Waals surface area contributed by atoms with Crippen LogP contribution in [0.2, 0.25) is 0 Å². The summed E-state index contributed by atoms with van der Waals surface area (Å²) in [5.41, 5.74) is 6.09. The molecule has 0 amide bonds. The highest BCUT2D eigenvalue weighted by atomic mass is 79.9. The molecule has 0 atom stereocenters. The molecule has 0 heterocycles. The second kappa shape index (κ2) is 6.49. The number of rotatable bonds is 5. The number of hydrogen-bond acceptors (Lipinski definition) is 4. The smallest absolute Gasteiger partial charge is 0.134 e. The number of nitrogen functional groups attached to an aromatic ring is 1. The summed E-state index contributed by atoms with van der Waals surface area (Å²) in [6.45, 7) is 0. The molecule has 6 heteroatoms. The van der Waals surface area contributed by atoms with Crippen molar-refractivity contribution >= 4 is 21.8 Å². The second-order valence-corrected chi connectivity index (χ2v) is 5.06. The zero-order valence-corrected chi connectivity index (χ0v) is 13.2. The molecule has 0 saturated heterocycles. The van der Waals surface area contributed by atoms with Gasteiger partial charge in [0.2, 0.25) is 0 Å². The van der Waals surface area contributed by atoms with E-state index in [1.165, 1.54) is 0 Å². The van der Waals surface area contributed by atoms with Gasteiger partial charge in [-0.15, -0.1) is 0 Å². The molecule has 2 rings (SSSR count). The highest BCUT2D eigenvalue weighted by Crippen LogP contribution is 2.32. The lowest BCUT2D eigenvalue weighted by molar-refractivity contribution is 0.386. The number of benzene rings is 2. The molecular weight excluding hydrogens is 336 g/mol. The fraction of sp³-hybridized carbons (Fsp3) is 0.133. The first-order valence-electron chi connectivity index (χ1n) is 6.08. The number of hydrogen-bond donors (Lipinski definition) is 2. The van der Waals surface area contributed by atoms with Crippen molar-refractivity contribution in [2.45, 2.75) is 0 Å². The summed E-state index contributed by atoms with van der Waals surface area (Å²) in [5.74, 6) is 2.49. The molecule has 0 aliphatic carbocycles. The molecule has 0 saturated carbocycles. The average Bonchev–Trinajstić information content (AvgIpc) is 2.46. The predicted molar refractivity (Wildman–Crippen MR) is 84.8 cm³/mol. The molecular formula is C15H15BrN2O3. The van der Waals surface area contributed by atoms with Crippen LogP contribution < -0.4 is 19.9 Å². The Bertz CT molecular complexity index is 652. The molecule has 0 bridgehead atoms. The van der Waals surface area contributed by atoms with Crippen LogP contribution in [0.3, 0.4) is 0 Å². The van der Waals surface area contributed by atoms with E-state index in [1.54, 1.807) is 50.6 Å². The summed E-state index contributed by atoms with van der Waals surface area (Å²) < 4.78 is 16.9. The van der Waals surface area contributed by atoms with E-state index in [4.69, 9.17) is 25.4 Å². The van der Waals surface area contributed by atoms with Crippen LogP contribution in [0, 0.1) is 5.41 Å². The number of methoxy groups -OCH3 is 2. The summed E-state index contributed by atoms with van der Waals surface area (Å²) in [6.07, 6.45) is 0. The first kappa shape index (κ1) is 15.2. The van der Waals surface area contributed by atoms with Gasteiger partial charge < -0.3 is 19.9 Å². The highest BCUT2D eigenvalue weighted by molar-refractivity contribution is 9.10. The molecule has 2 aromatic carbocycles. The zero-order valence-electron chi connectivity index (χ0n) is 11.6. The van der Waals surface area contributed by atoms with Crippen molar-refractivity contribution in [2.24, 2.45) is 5.73 Å². The number of nitrogens with two attached hydrogens (primary N) is 1. The summed E-state index contributed by atoms with van der Waals surface area (Å²) in [4.78, 5) is 0. The van der Waals surface area contributed by atoms with Crippen LogP contribution >= 0.6 is 15.9 Å². The van der Waals surface area contributed by atoms with Gasteiger partial charge in [0, 0.05) is 28.2 Å². The fourth-order valence-electron chi connectivity index (χ4n) is 1.75. The third-order valence-electron chi connectivity index (χ3n) is 2.79. The van der Waals surface area contributed by atoms with E-state index < -0.39 is 0 Å². The van der Waals surface area contributed by atoms with Crippen LogP contribution in [0.25, 0.3) is 0 Å². The Labute approximate surface area is 131 Å². The van der Waals surface area contributed by atoms with Crippen LogP contribution in [0.1, 0.15) is 5.56 Å². The largest absolute Gasteiger partial charge is 0.496 e. The summed E-state index contributed by atoms with van der Waals surface area (Å²) in [5, 5.41) is 7.45. The minimum atomic E-state index is -0.00326. The lowest BCUT2D eigenvalue weighted by Gasteiger charge is -2.11. The maximum absolute atomic E-state index is 7.45. The molecule has 0 aromatic heterocycles. The average molecular weight is 351 g/mol. The first-order chi connectivity index (χ1) is 10.0. The van der Waals surface area contributed by atoms with Gasteiger partial charge in [-0.05, 0) is 34.1 Å². The molecule has 3 N–H and O–H groups in total. The molecule has 0 unspecified atom stereocenters. The summed E-state index contributed by atoms with van der Waals surface area (Å²) in [7, 11) is 3.16. The van der Waals surface area contributed by atoms with Gasteiger partial charge in [0.25, 0.3) is 0 Å². The molecule has 21 heavy (non-hydrogen) atoms. The van der Waals surface area contributed by atoms with Gasteiger partial charge >= 0.3 is 0 Å². The van der Waals surface area contributed by atoms with Gasteiger partial charge in [-0.2, -0.15) is 0 Å². The normalized spacial score (nSPS) is 10.0. The van der Waals surface area contributed by atoms with Gasteiger partial charge in [-0.1, -0.05) is 0 Å². The molecule has 110 valence electrons. The van der Waals surface area contributed by atoms with Crippen molar-refractivity contribution in [3.8, 4) is 23.0 Å². The van der Waals surface area contributed by atoms with E-state index >= 15 is 0 Å². The maximum atomic E-state index is 7.45. The van der Waals surface area contributed by atoms with Gasteiger partial charge in [0.05, 0.1) is 14.2 Å². The lowest BCUT2D eigenvalue weighted by atomic mass is 10.2. The van der Waals surface area contributed by atoms with E-state index in [2.05, 4.69) is 15.9 Å². The summed E-state index contributed by atoms with van der Waals surface area (Å²) in [6, 6.07) is 10.5. The predicted octanol–water partition coefficient (Wildman–Crippen LogP) is 3.54. The summed E-state index contributed by atoms with van der Waals surface area (Å²) >= 11 is 3.37. The lowest BCUT2D eigenvalue weighted by Crippen LogP contribution is -2.11. The minimum Gasteiger partial charge on any atom is -0.496 e. The van der Waals surface area contributed by atoms with Gasteiger partial charge in [0.15, 0.2) is 0 Å². The van der Waals surface area contributed by atoms with E-state index in [1.807, 2.05) is 0 Å². The van der Waals surface area contributed by atoms with E-state index in [9.17, 15) is 0 Å². The zero-order chi connectivity index (χ0) is 15.4. The van der Waals surface area contributed by atoms with Crippen molar-refractivity contribution in [3.63, 3.8) is 0 Å². The first-order valence-corrected chi connectivity index (χ1v) is 6.87. The van der Waals surface area contributed by atoms with E-state index in [0.717, 1.165) is 0 Å². The molecule has 5 nitrogen and oxygen atoms in total.